The number of rotatable bonds is 4. The second kappa shape index (κ2) is 9.25. The van der Waals surface area contributed by atoms with Crippen LogP contribution in [0.4, 0.5) is 0 Å². The molecule has 1 aliphatic rings. The van der Waals surface area contributed by atoms with Gasteiger partial charge >= 0.3 is 0 Å². The maximum atomic E-state index is 6.09. The largest absolute Gasteiger partial charge is 0.380 e. The van der Waals surface area contributed by atoms with Crippen LogP contribution in [-0.4, -0.2) is 31.1 Å². The van der Waals surface area contributed by atoms with Gasteiger partial charge in [-0.3, -0.25) is 0 Å². The number of benzene rings is 1. The number of hydrogen-bond acceptors (Lipinski definition) is 2. The maximum Gasteiger partial charge on any atom is 0.191 e. The van der Waals surface area contributed by atoms with Gasteiger partial charge < -0.3 is 15.4 Å². The lowest BCUT2D eigenvalue weighted by atomic mass is 10.0. The van der Waals surface area contributed by atoms with Gasteiger partial charge in [0, 0.05) is 20.2 Å². The summed E-state index contributed by atoms with van der Waals surface area (Å²) in [5, 5.41) is 0. The van der Waals surface area contributed by atoms with Gasteiger partial charge in [-0.25, -0.2) is 4.99 Å². The Balaban J connectivity index is 0.00000220. The van der Waals surface area contributed by atoms with E-state index in [2.05, 4.69) is 41.1 Å². The minimum atomic E-state index is 0. The Labute approximate surface area is 144 Å². The van der Waals surface area contributed by atoms with Gasteiger partial charge in [-0.05, 0) is 29.9 Å². The number of piperidine rings is 1. The lowest BCUT2D eigenvalue weighted by Crippen LogP contribution is -2.43. The molecule has 118 valence electrons. The second-order valence-corrected chi connectivity index (χ2v) is 5.62. The summed E-state index contributed by atoms with van der Waals surface area (Å²) >= 11 is 0. The number of nitrogens with two attached hydrogens (primary N) is 1. The van der Waals surface area contributed by atoms with Crippen LogP contribution < -0.4 is 5.73 Å². The highest BCUT2D eigenvalue weighted by Crippen LogP contribution is 2.15. The highest BCUT2D eigenvalue weighted by molar-refractivity contribution is 14.0. The second-order valence-electron chi connectivity index (χ2n) is 5.62. The summed E-state index contributed by atoms with van der Waals surface area (Å²) in [5.74, 6) is 1.39. The number of aliphatic imine (C=N–C) groups is 1. The molecule has 0 aliphatic carbocycles. The van der Waals surface area contributed by atoms with Crippen molar-refractivity contribution in [1.82, 2.24) is 4.90 Å². The van der Waals surface area contributed by atoms with Crippen molar-refractivity contribution in [2.45, 2.75) is 32.9 Å². The van der Waals surface area contributed by atoms with E-state index in [1.54, 1.807) is 7.11 Å². The molecule has 0 amide bonds. The van der Waals surface area contributed by atoms with E-state index in [0.717, 1.165) is 13.1 Å². The SMILES string of the molecule is COCc1ccc(CN=C(N)N2CCCC(C)C2)cc1.I. The van der Waals surface area contributed by atoms with Crippen LogP contribution in [0.1, 0.15) is 30.9 Å². The zero-order chi connectivity index (χ0) is 14.4. The Morgan fingerprint density at radius 2 is 2.00 bits per heavy atom. The zero-order valence-electron chi connectivity index (χ0n) is 12.9. The molecule has 2 rings (SSSR count). The van der Waals surface area contributed by atoms with Gasteiger partial charge in [0.15, 0.2) is 5.96 Å². The molecular weight excluding hydrogens is 377 g/mol. The quantitative estimate of drug-likeness (QED) is 0.478. The molecule has 4 nitrogen and oxygen atoms in total. The standard InChI is InChI=1S/C16H25N3O.HI/c1-13-4-3-9-19(11-13)16(17)18-10-14-5-7-15(8-6-14)12-20-2;/h5-8,13H,3-4,9-12H2,1-2H3,(H2,17,18);1H. The molecule has 21 heavy (non-hydrogen) atoms. The highest BCUT2D eigenvalue weighted by Gasteiger charge is 2.17. The molecule has 0 bridgehead atoms. The van der Waals surface area contributed by atoms with Crippen molar-refractivity contribution >= 4 is 29.9 Å². The van der Waals surface area contributed by atoms with E-state index in [1.165, 1.54) is 24.0 Å². The first-order valence-corrected chi connectivity index (χ1v) is 7.30. The van der Waals surface area contributed by atoms with Crippen LogP contribution in [0.3, 0.4) is 0 Å². The van der Waals surface area contributed by atoms with Crippen molar-refractivity contribution in [3.8, 4) is 0 Å². The topological polar surface area (TPSA) is 50.9 Å². The number of ether oxygens (including phenoxy) is 1. The third-order valence-electron chi connectivity index (χ3n) is 3.74. The predicted octanol–water partition coefficient (Wildman–Crippen LogP) is 3.00. The van der Waals surface area contributed by atoms with Crippen LogP contribution in [-0.2, 0) is 17.9 Å². The first kappa shape index (κ1) is 18.2. The molecule has 1 aromatic rings. The number of methoxy groups -OCH3 is 1. The Kier molecular flexibility index (Phi) is 8.03. The Morgan fingerprint density at radius 3 is 2.62 bits per heavy atom. The third-order valence-corrected chi connectivity index (χ3v) is 3.74. The van der Waals surface area contributed by atoms with Crippen molar-refractivity contribution in [1.29, 1.82) is 0 Å². The van der Waals surface area contributed by atoms with Gasteiger partial charge in [0.1, 0.15) is 0 Å². The summed E-state index contributed by atoms with van der Waals surface area (Å²) in [4.78, 5) is 6.72. The van der Waals surface area contributed by atoms with Crippen LogP contribution in [0.2, 0.25) is 0 Å². The molecule has 0 aromatic heterocycles. The average Bonchev–Trinajstić information content (AvgIpc) is 2.46. The number of guanidine groups is 1. The fourth-order valence-electron chi connectivity index (χ4n) is 2.58. The molecular formula is C16H26IN3O. The van der Waals surface area contributed by atoms with Crippen molar-refractivity contribution in [2.75, 3.05) is 20.2 Å². The van der Waals surface area contributed by atoms with Crippen molar-refractivity contribution in [2.24, 2.45) is 16.6 Å². The summed E-state index contributed by atoms with van der Waals surface area (Å²) in [6, 6.07) is 8.33. The molecule has 1 fully saturated rings. The summed E-state index contributed by atoms with van der Waals surface area (Å²) in [5.41, 5.74) is 8.45. The van der Waals surface area contributed by atoms with E-state index in [9.17, 15) is 0 Å². The normalized spacial score (nSPS) is 19.2. The molecule has 0 spiro atoms. The van der Waals surface area contributed by atoms with Gasteiger partial charge in [-0.15, -0.1) is 24.0 Å². The first-order valence-electron chi connectivity index (χ1n) is 7.30. The fraction of sp³-hybridized carbons (Fsp3) is 0.562. The minimum Gasteiger partial charge on any atom is -0.380 e. The van der Waals surface area contributed by atoms with Gasteiger partial charge in [-0.2, -0.15) is 0 Å². The maximum absolute atomic E-state index is 6.09. The highest BCUT2D eigenvalue weighted by atomic mass is 127. The average molecular weight is 403 g/mol. The zero-order valence-corrected chi connectivity index (χ0v) is 15.2. The molecule has 1 heterocycles. The Hall–Kier alpha value is -0.820. The molecule has 0 radical (unpaired) electrons. The molecule has 1 atom stereocenters. The third kappa shape index (κ3) is 5.82. The predicted molar refractivity (Wildman–Crippen MR) is 97.9 cm³/mol. The lowest BCUT2D eigenvalue weighted by molar-refractivity contribution is 0.185. The molecule has 1 aromatic carbocycles. The molecule has 2 N–H and O–H groups in total. The number of likely N-dealkylation sites (tertiary alicyclic amines) is 1. The van der Waals surface area contributed by atoms with E-state index >= 15 is 0 Å². The number of hydrogen-bond donors (Lipinski definition) is 1. The van der Waals surface area contributed by atoms with Crippen molar-refractivity contribution in [3.63, 3.8) is 0 Å². The number of nitrogens with zero attached hydrogens (tertiary/aromatic N) is 2. The molecule has 5 heteroatoms. The lowest BCUT2D eigenvalue weighted by Gasteiger charge is -2.31. The van der Waals surface area contributed by atoms with E-state index in [4.69, 9.17) is 10.5 Å². The minimum absolute atomic E-state index is 0. The Morgan fingerprint density at radius 1 is 1.33 bits per heavy atom. The Bertz CT molecular complexity index is 447. The van der Waals surface area contributed by atoms with Crippen molar-refractivity contribution in [3.05, 3.63) is 35.4 Å². The monoisotopic (exact) mass is 403 g/mol. The van der Waals surface area contributed by atoms with Crippen LogP contribution >= 0.6 is 24.0 Å². The van der Waals surface area contributed by atoms with Gasteiger partial charge in [0.25, 0.3) is 0 Å². The van der Waals surface area contributed by atoms with E-state index in [0.29, 0.717) is 25.0 Å². The van der Waals surface area contributed by atoms with Crippen LogP contribution in [0.5, 0.6) is 0 Å². The number of halogens is 1. The summed E-state index contributed by atoms with van der Waals surface area (Å²) in [6.45, 7) is 5.63. The van der Waals surface area contributed by atoms with Gasteiger partial charge in [0.05, 0.1) is 13.2 Å². The van der Waals surface area contributed by atoms with E-state index in [-0.39, 0.29) is 24.0 Å². The molecule has 1 unspecified atom stereocenters. The van der Waals surface area contributed by atoms with Gasteiger partial charge in [0.2, 0.25) is 0 Å². The van der Waals surface area contributed by atoms with E-state index < -0.39 is 0 Å². The van der Waals surface area contributed by atoms with Crippen molar-refractivity contribution < 1.29 is 4.74 Å². The molecule has 1 saturated heterocycles. The smallest absolute Gasteiger partial charge is 0.191 e. The van der Waals surface area contributed by atoms with E-state index in [1.807, 2.05) is 0 Å². The van der Waals surface area contributed by atoms with Gasteiger partial charge in [-0.1, -0.05) is 31.2 Å². The molecule has 1 aliphatic heterocycles. The first-order chi connectivity index (χ1) is 9.69. The summed E-state index contributed by atoms with van der Waals surface area (Å²) in [6.07, 6.45) is 2.51. The van der Waals surface area contributed by atoms with Crippen LogP contribution in [0, 0.1) is 5.92 Å². The summed E-state index contributed by atoms with van der Waals surface area (Å²) < 4.78 is 5.10. The molecule has 0 saturated carbocycles. The fourth-order valence-corrected chi connectivity index (χ4v) is 2.58. The summed E-state index contributed by atoms with van der Waals surface area (Å²) in [7, 11) is 1.71. The van der Waals surface area contributed by atoms with Crippen LogP contribution in [0.15, 0.2) is 29.3 Å². The van der Waals surface area contributed by atoms with Crippen LogP contribution in [0.25, 0.3) is 0 Å².